The van der Waals surface area contributed by atoms with E-state index in [0.29, 0.717) is 13.0 Å². The van der Waals surface area contributed by atoms with Crippen molar-refractivity contribution >= 4 is 5.78 Å². The summed E-state index contributed by atoms with van der Waals surface area (Å²) in [5, 5.41) is 0. The summed E-state index contributed by atoms with van der Waals surface area (Å²) in [5.41, 5.74) is 1.24. The fourth-order valence-corrected chi connectivity index (χ4v) is 1.59. The molecular weight excluding hydrogens is 200 g/mol. The van der Waals surface area contributed by atoms with Crippen LogP contribution in [0.2, 0.25) is 0 Å². The second kappa shape index (κ2) is 7.04. The number of para-hydroxylation sites is 1. The second-order valence-electron chi connectivity index (χ2n) is 3.97. The highest BCUT2D eigenvalue weighted by Gasteiger charge is 2.00. The lowest BCUT2D eigenvalue weighted by Crippen LogP contribution is -2.01. The zero-order valence-corrected chi connectivity index (χ0v) is 10.2. The van der Waals surface area contributed by atoms with Gasteiger partial charge in [0.05, 0.1) is 6.61 Å². The van der Waals surface area contributed by atoms with Crippen LogP contribution in [0.25, 0.3) is 0 Å². The molecule has 0 saturated carbocycles. The van der Waals surface area contributed by atoms with E-state index < -0.39 is 0 Å². The van der Waals surface area contributed by atoms with E-state index >= 15 is 0 Å². The molecule has 88 valence electrons. The average molecular weight is 220 g/mol. The standard InChI is InChI=1S/C14H20O2/c1-3-13-9-4-5-10-14(13)16-11-7-6-8-12(2)15/h4-5,9-10H,3,6-8,11H2,1-2H3. The lowest BCUT2D eigenvalue weighted by molar-refractivity contribution is -0.117. The molecule has 0 aliphatic rings. The number of carbonyl (C=O) groups excluding carboxylic acids is 1. The van der Waals surface area contributed by atoms with E-state index in [0.717, 1.165) is 25.0 Å². The van der Waals surface area contributed by atoms with Crippen LogP contribution < -0.4 is 4.74 Å². The number of ketones is 1. The van der Waals surface area contributed by atoms with E-state index in [2.05, 4.69) is 13.0 Å². The Morgan fingerprint density at radius 3 is 2.69 bits per heavy atom. The molecule has 2 heteroatoms. The molecule has 0 N–H and O–H groups in total. The minimum absolute atomic E-state index is 0.258. The van der Waals surface area contributed by atoms with Gasteiger partial charge < -0.3 is 9.53 Å². The molecule has 0 atom stereocenters. The van der Waals surface area contributed by atoms with Crippen LogP contribution in [0.3, 0.4) is 0 Å². The monoisotopic (exact) mass is 220 g/mol. The van der Waals surface area contributed by atoms with Gasteiger partial charge in [0.25, 0.3) is 0 Å². The van der Waals surface area contributed by atoms with E-state index in [4.69, 9.17) is 4.74 Å². The predicted molar refractivity (Wildman–Crippen MR) is 65.8 cm³/mol. The van der Waals surface area contributed by atoms with Crippen LogP contribution in [0, 0.1) is 0 Å². The summed E-state index contributed by atoms with van der Waals surface area (Å²) >= 11 is 0. The fourth-order valence-electron chi connectivity index (χ4n) is 1.59. The molecule has 0 radical (unpaired) electrons. The number of rotatable bonds is 7. The van der Waals surface area contributed by atoms with Crippen molar-refractivity contribution in [2.75, 3.05) is 6.61 Å². The van der Waals surface area contributed by atoms with Crippen molar-refractivity contribution in [2.45, 2.75) is 39.5 Å². The lowest BCUT2D eigenvalue weighted by atomic mass is 10.1. The van der Waals surface area contributed by atoms with Gasteiger partial charge in [-0.2, -0.15) is 0 Å². The van der Waals surface area contributed by atoms with E-state index in [9.17, 15) is 4.79 Å². The van der Waals surface area contributed by atoms with Gasteiger partial charge in [0.2, 0.25) is 0 Å². The number of hydrogen-bond donors (Lipinski definition) is 0. The average Bonchev–Trinajstić information content (AvgIpc) is 2.29. The number of aryl methyl sites for hydroxylation is 1. The highest BCUT2D eigenvalue weighted by molar-refractivity contribution is 5.75. The highest BCUT2D eigenvalue weighted by Crippen LogP contribution is 2.18. The van der Waals surface area contributed by atoms with Gasteiger partial charge in [0.15, 0.2) is 0 Å². The van der Waals surface area contributed by atoms with Crippen LogP contribution in [-0.2, 0) is 11.2 Å². The van der Waals surface area contributed by atoms with E-state index in [1.165, 1.54) is 5.56 Å². The van der Waals surface area contributed by atoms with Gasteiger partial charge in [0.1, 0.15) is 11.5 Å². The van der Waals surface area contributed by atoms with Crippen LogP contribution in [-0.4, -0.2) is 12.4 Å². The molecule has 0 saturated heterocycles. The molecule has 0 aliphatic heterocycles. The van der Waals surface area contributed by atoms with Crippen molar-refractivity contribution in [1.29, 1.82) is 0 Å². The molecule has 1 aromatic rings. The zero-order chi connectivity index (χ0) is 11.8. The molecule has 0 aliphatic carbocycles. The first-order valence-corrected chi connectivity index (χ1v) is 5.94. The molecule has 1 rings (SSSR count). The molecule has 0 amide bonds. The third-order valence-electron chi connectivity index (χ3n) is 2.53. The maximum absolute atomic E-state index is 10.7. The maximum atomic E-state index is 10.7. The molecule has 0 unspecified atom stereocenters. The summed E-state index contributed by atoms with van der Waals surface area (Å²) in [4.78, 5) is 10.7. The number of ether oxygens (including phenoxy) is 1. The molecule has 0 heterocycles. The van der Waals surface area contributed by atoms with E-state index in [1.807, 2.05) is 18.2 Å². The number of carbonyl (C=O) groups is 1. The largest absolute Gasteiger partial charge is 0.493 e. The molecule has 0 spiro atoms. The number of hydrogen-bond acceptors (Lipinski definition) is 2. The Kier molecular flexibility index (Phi) is 5.62. The zero-order valence-electron chi connectivity index (χ0n) is 10.2. The third-order valence-corrected chi connectivity index (χ3v) is 2.53. The van der Waals surface area contributed by atoms with Crippen molar-refractivity contribution in [2.24, 2.45) is 0 Å². The van der Waals surface area contributed by atoms with Gasteiger partial charge in [-0.3, -0.25) is 0 Å². The minimum atomic E-state index is 0.258. The normalized spacial score (nSPS) is 10.1. The Labute approximate surface area is 97.6 Å². The van der Waals surface area contributed by atoms with Crippen LogP contribution in [0.5, 0.6) is 5.75 Å². The molecule has 1 aromatic carbocycles. The van der Waals surface area contributed by atoms with Crippen LogP contribution >= 0.6 is 0 Å². The van der Waals surface area contributed by atoms with Gasteiger partial charge in [-0.15, -0.1) is 0 Å². The Bertz CT molecular complexity index is 331. The van der Waals surface area contributed by atoms with E-state index in [-0.39, 0.29) is 5.78 Å². The first kappa shape index (κ1) is 12.8. The topological polar surface area (TPSA) is 26.3 Å². The molecule has 0 aromatic heterocycles. The summed E-state index contributed by atoms with van der Waals surface area (Å²) in [6.45, 7) is 4.45. The molecular formula is C14H20O2. The molecule has 0 fully saturated rings. The van der Waals surface area contributed by atoms with Gasteiger partial charge in [0, 0.05) is 6.42 Å². The Balaban J connectivity index is 2.28. The Morgan fingerprint density at radius 2 is 2.00 bits per heavy atom. The van der Waals surface area contributed by atoms with Gasteiger partial charge in [-0.25, -0.2) is 0 Å². The molecule has 2 nitrogen and oxygen atoms in total. The van der Waals surface area contributed by atoms with Crippen LogP contribution in [0.15, 0.2) is 24.3 Å². The number of benzene rings is 1. The maximum Gasteiger partial charge on any atom is 0.129 e. The van der Waals surface area contributed by atoms with Crippen molar-refractivity contribution in [3.8, 4) is 5.75 Å². The summed E-state index contributed by atoms with van der Waals surface area (Å²) in [7, 11) is 0. The summed E-state index contributed by atoms with van der Waals surface area (Å²) in [5.74, 6) is 1.24. The van der Waals surface area contributed by atoms with Gasteiger partial charge >= 0.3 is 0 Å². The Morgan fingerprint density at radius 1 is 1.25 bits per heavy atom. The number of unbranched alkanes of at least 4 members (excludes halogenated alkanes) is 1. The highest BCUT2D eigenvalue weighted by atomic mass is 16.5. The first-order chi connectivity index (χ1) is 7.74. The summed E-state index contributed by atoms with van der Waals surface area (Å²) in [6, 6.07) is 8.11. The van der Waals surface area contributed by atoms with Crippen molar-refractivity contribution < 1.29 is 9.53 Å². The Hall–Kier alpha value is -1.31. The smallest absolute Gasteiger partial charge is 0.129 e. The second-order valence-corrected chi connectivity index (χ2v) is 3.97. The summed E-state index contributed by atoms with van der Waals surface area (Å²) in [6.07, 6.45) is 3.52. The predicted octanol–water partition coefficient (Wildman–Crippen LogP) is 3.39. The van der Waals surface area contributed by atoms with Crippen molar-refractivity contribution in [1.82, 2.24) is 0 Å². The lowest BCUT2D eigenvalue weighted by Gasteiger charge is -2.09. The van der Waals surface area contributed by atoms with E-state index in [1.54, 1.807) is 6.92 Å². The van der Waals surface area contributed by atoms with Crippen LogP contribution in [0.4, 0.5) is 0 Å². The molecule has 0 bridgehead atoms. The summed E-state index contributed by atoms with van der Waals surface area (Å²) < 4.78 is 5.70. The van der Waals surface area contributed by atoms with Crippen molar-refractivity contribution in [3.05, 3.63) is 29.8 Å². The fraction of sp³-hybridized carbons (Fsp3) is 0.500. The van der Waals surface area contributed by atoms with Crippen LogP contribution in [0.1, 0.15) is 38.7 Å². The SMILES string of the molecule is CCc1ccccc1OCCCCC(C)=O. The first-order valence-electron chi connectivity index (χ1n) is 5.94. The minimum Gasteiger partial charge on any atom is -0.493 e. The molecule has 16 heavy (non-hydrogen) atoms. The quantitative estimate of drug-likeness (QED) is 0.658. The number of Topliss-reactive ketones (excluding diaryl/α,β-unsaturated/α-hetero) is 1. The van der Waals surface area contributed by atoms with Gasteiger partial charge in [-0.1, -0.05) is 25.1 Å². The van der Waals surface area contributed by atoms with Crippen molar-refractivity contribution in [3.63, 3.8) is 0 Å². The van der Waals surface area contributed by atoms with Gasteiger partial charge in [-0.05, 0) is 37.8 Å². The third kappa shape index (κ3) is 4.47.